The monoisotopic (exact) mass is 447 g/mol. The van der Waals surface area contributed by atoms with E-state index in [-0.39, 0.29) is 51.6 Å². The van der Waals surface area contributed by atoms with Gasteiger partial charge in [-0.2, -0.15) is 0 Å². The Morgan fingerprint density at radius 2 is 1.94 bits per heavy atom. The number of esters is 1. The largest absolute Gasteiger partial charge is 0.507 e. The first-order valence-electron chi connectivity index (χ1n) is 9.92. The number of hydrogen-bond donors (Lipinski definition) is 3. The van der Waals surface area contributed by atoms with Crippen LogP contribution in [0.25, 0.3) is 22.1 Å². The third-order valence-corrected chi connectivity index (χ3v) is 5.64. The standard InChI is InChI=1S/C24H17NO8/c1-31-19(29)8-13-12-3-2-6-25-24(12)33-18-9-17(28)21-22(30)14(10-32-23(21)20(13)18)11-4-5-15(26)16(27)7-11/h2-7,9-10,13,26-28H,8H2,1H3/t13-/m1/s1. The first kappa shape index (κ1) is 20.4. The average Bonchev–Trinajstić information content (AvgIpc) is 2.80. The molecular formula is C24H17NO8. The number of nitrogens with zero attached hydrogens (tertiary/aromatic N) is 1. The van der Waals surface area contributed by atoms with Crippen molar-refractivity contribution in [1.29, 1.82) is 0 Å². The number of aromatic hydroxyl groups is 3. The molecule has 0 amide bonds. The number of aromatic nitrogens is 1. The second-order valence-corrected chi connectivity index (χ2v) is 7.53. The van der Waals surface area contributed by atoms with Crippen LogP contribution < -0.4 is 10.2 Å². The number of benzene rings is 2. The summed E-state index contributed by atoms with van der Waals surface area (Å²) in [6, 6.07) is 8.64. The molecule has 5 rings (SSSR count). The third-order valence-electron chi connectivity index (χ3n) is 5.64. The average molecular weight is 447 g/mol. The van der Waals surface area contributed by atoms with E-state index in [9.17, 15) is 24.9 Å². The molecule has 33 heavy (non-hydrogen) atoms. The minimum absolute atomic E-state index is 0.0603. The zero-order chi connectivity index (χ0) is 23.3. The van der Waals surface area contributed by atoms with E-state index in [1.54, 1.807) is 18.3 Å². The predicted octanol–water partition coefficient (Wildman–Crippen LogP) is 3.77. The zero-order valence-electron chi connectivity index (χ0n) is 17.2. The highest BCUT2D eigenvalue weighted by Gasteiger charge is 2.34. The van der Waals surface area contributed by atoms with Gasteiger partial charge in [-0.1, -0.05) is 12.1 Å². The van der Waals surface area contributed by atoms with Crippen molar-refractivity contribution in [3.05, 3.63) is 70.2 Å². The molecular weight excluding hydrogens is 430 g/mol. The maximum Gasteiger partial charge on any atom is 0.306 e. The minimum Gasteiger partial charge on any atom is -0.507 e. The number of carbonyl (C=O) groups excluding carboxylic acids is 1. The van der Waals surface area contributed by atoms with Gasteiger partial charge in [-0.25, -0.2) is 4.98 Å². The second kappa shape index (κ2) is 7.56. The Morgan fingerprint density at radius 1 is 1.12 bits per heavy atom. The number of rotatable bonds is 3. The van der Waals surface area contributed by atoms with Gasteiger partial charge < -0.3 is 29.2 Å². The van der Waals surface area contributed by atoms with Crippen molar-refractivity contribution in [2.24, 2.45) is 0 Å². The highest BCUT2D eigenvalue weighted by atomic mass is 16.5. The number of ether oxygens (including phenoxy) is 2. The van der Waals surface area contributed by atoms with E-state index in [1.807, 2.05) is 0 Å². The highest BCUT2D eigenvalue weighted by Crippen LogP contribution is 2.49. The molecule has 0 spiro atoms. The van der Waals surface area contributed by atoms with Gasteiger partial charge in [-0.15, -0.1) is 0 Å². The van der Waals surface area contributed by atoms with Crippen LogP contribution in [0.15, 0.2) is 58.1 Å². The molecule has 2 aromatic carbocycles. The Labute approximate surface area is 186 Å². The van der Waals surface area contributed by atoms with Crippen molar-refractivity contribution in [2.75, 3.05) is 7.11 Å². The molecule has 9 heteroatoms. The Bertz CT molecular complexity index is 1490. The van der Waals surface area contributed by atoms with E-state index in [0.717, 1.165) is 0 Å². The number of phenolic OH excluding ortho intramolecular Hbond substituents is 3. The molecule has 0 unspecified atom stereocenters. The van der Waals surface area contributed by atoms with Crippen LogP contribution in [-0.4, -0.2) is 33.4 Å². The van der Waals surface area contributed by atoms with Crippen LogP contribution in [0.2, 0.25) is 0 Å². The molecule has 4 aromatic rings. The quantitative estimate of drug-likeness (QED) is 0.316. The van der Waals surface area contributed by atoms with Crippen molar-refractivity contribution in [2.45, 2.75) is 12.3 Å². The molecule has 0 saturated heterocycles. The van der Waals surface area contributed by atoms with E-state index >= 15 is 0 Å². The van der Waals surface area contributed by atoms with Gasteiger partial charge in [-0.3, -0.25) is 9.59 Å². The van der Waals surface area contributed by atoms with E-state index in [0.29, 0.717) is 11.1 Å². The highest BCUT2D eigenvalue weighted by molar-refractivity contribution is 5.92. The molecule has 1 aliphatic heterocycles. The van der Waals surface area contributed by atoms with E-state index in [1.165, 1.54) is 37.6 Å². The van der Waals surface area contributed by atoms with Gasteiger partial charge in [0.2, 0.25) is 11.3 Å². The molecule has 2 aromatic heterocycles. The molecule has 3 heterocycles. The number of pyridine rings is 1. The molecule has 166 valence electrons. The maximum absolute atomic E-state index is 13.4. The molecule has 1 aliphatic rings. The topological polar surface area (TPSA) is 139 Å². The molecule has 9 nitrogen and oxygen atoms in total. The van der Waals surface area contributed by atoms with E-state index in [2.05, 4.69) is 4.98 Å². The molecule has 0 aliphatic carbocycles. The number of phenols is 3. The number of hydrogen-bond acceptors (Lipinski definition) is 9. The van der Waals surface area contributed by atoms with Crippen molar-refractivity contribution >= 4 is 16.9 Å². The van der Waals surface area contributed by atoms with Crippen LogP contribution in [0.5, 0.6) is 28.9 Å². The number of fused-ring (bicyclic) bond motifs is 4. The Morgan fingerprint density at radius 3 is 2.70 bits per heavy atom. The zero-order valence-corrected chi connectivity index (χ0v) is 17.2. The Kier molecular flexibility index (Phi) is 4.67. The predicted molar refractivity (Wildman–Crippen MR) is 116 cm³/mol. The van der Waals surface area contributed by atoms with Gasteiger partial charge in [0.05, 0.1) is 19.1 Å². The fourth-order valence-electron chi connectivity index (χ4n) is 4.06. The van der Waals surface area contributed by atoms with Gasteiger partial charge in [0, 0.05) is 29.3 Å². The summed E-state index contributed by atoms with van der Waals surface area (Å²) < 4.78 is 16.5. The normalized spacial score (nSPS) is 14.3. The molecule has 1 atom stereocenters. The lowest BCUT2D eigenvalue weighted by Gasteiger charge is -2.27. The van der Waals surface area contributed by atoms with Crippen LogP contribution in [-0.2, 0) is 9.53 Å². The molecule has 0 saturated carbocycles. The fourth-order valence-corrected chi connectivity index (χ4v) is 4.06. The Hall–Kier alpha value is -4.53. The summed E-state index contributed by atoms with van der Waals surface area (Å²) in [5.74, 6) is -1.72. The Balaban J connectivity index is 1.77. The van der Waals surface area contributed by atoms with Crippen LogP contribution in [0, 0.1) is 0 Å². The van der Waals surface area contributed by atoms with Crippen LogP contribution in [0.3, 0.4) is 0 Å². The van der Waals surface area contributed by atoms with Crippen LogP contribution in [0.4, 0.5) is 0 Å². The third kappa shape index (κ3) is 3.21. The summed E-state index contributed by atoms with van der Waals surface area (Å²) in [5.41, 5.74) is 0.871. The smallest absolute Gasteiger partial charge is 0.306 e. The summed E-state index contributed by atoms with van der Waals surface area (Å²) in [4.78, 5) is 29.8. The van der Waals surface area contributed by atoms with Crippen LogP contribution >= 0.6 is 0 Å². The van der Waals surface area contributed by atoms with Crippen molar-refractivity contribution in [1.82, 2.24) is 4.98 Å². The number of carbonyl (C=O) groups is 1. The van der Waals surface area contributed by atoms with Crippen molar-refractivity contribution in [3.63, 3.8) is 0 Å². The van der Waals surface area contributed by atoms with Gasteiger partial charge in [0.1, 0.15) is 28.7 Å². The van der Waals surface area contributed by atoms with Gasteiger partial charge >= 0.3 is 5.97 Å². The molecule has 0 radical (unpaired) electrons. The van der Waals surface area contributed by atoms with Crippen LogP contribution in [0.1, 0.15) is 23.5 Å². The minimum atomic E-state index is -0.597. The fraction of sp³-hybridized carbons (Fsp3) is 0.125. The second-order valence-electron chi connectivity index (χ2n) is 7.53. The first-order chi connectivity index (χ1) is 15.9. The SMILES string of the molecule is COC(=O)C[C@@H]1c2cccnc2Oc2cc(O)c3c(=O)c(-c4ccc(O)c(O)c4)coc3c21. The van der Waals surface area contributed by atoms with Gasteiger partial charge in [0.25, 0.3) is 0 Å². The lowest BCUT2D eigenvalue weighted by Crippen LogP contribution is -2.17. The molecule has 0 fully saturated rings. The summed E-state index contributed by atoms with van der Waals surface area (Å²) in [7, 11) is 1.28. The molecule has 0 bridgehead atoms. The summed E-state index contributed by atoms with van der Waals surface area (Å²) in [6.45, 7) is 0. The van der Waals surface area contributed by atoms with Gasteiger partial charge in [0.15, 0.2) is 11.5 Å². The van der Waals surface area contributed by atoms with E-state index < -0.39 is 23.1 Å². The summed E-state index contributed by atoms with van der Waals surface area (Å²) in [5, 5.41) is 30.0. The maximum atomic E-state index is 13.4. The number of methoxy groups -OCH3 is 1. The van der Waals surface area contributed by atoms with Crippen molar-refractivity contribution < 1.29 is 34.0 Å². The van der Waals surface area contributed by atoms with Crippen molar-refractivity contribution in [3.8, 4) is 40.0 Å². The van der Waals surface area contributed by atoms with E-state index in [4.69, 9.17) is 13.9 Å². The summed E-state index contributed by atoms with van der Waals surface area (Å²) >= 11 is 0. The lowest BCUT2D eigenvalue weighted by molar-refractivity contribution is -0.140. The lowest BCUT2D eigenvalue weighted by atomic mass is 9.85. The van der Waals surface area contributed by atoms with Gasteiger partial charge in [-0.05, 0) is 23.8 Å². The first-order valence-corrected chi connectivity index (χ1v) is 9.92. The summed E-state index contributed by atoms with van der Waals surface area (Å²) in [6.07, 6.45) is 2.67. The molecule has 3 N–H and O–H groups in total.